The van der Waals surface area contributed by atoms with Gasteiger partial charge in [-0.15, -0.1) is 11.3 Å². The molecule has 0 aliphatic carbocycles. The van der Waals surface area contributed by atoms with Crippen molar-refractivity contribution in [2.24, 2.45) is 7.05 Å². The van der Waals surface area contributed by atoms with Gasteiger partial charge >= 0.3 is 0 Å². The van der Waals surface area contributed by atoms with E-state index in [2.05, 4.69) is 5.10 Å². The smallest absolute Gasteiger partial charge is 0.154 e. The number of rotatable bonds is 0. The van der Waals surface area contributed by atoms with Crippen LogP contribution in [0.25, 0.3) is 10.9 Å². The zero-order valence-electron chi connectivity index (χ0n) is 5.53. The van der Waals surface area contributed by atoms with E-state index in [0.29, 0.717) is 5.82 Å². The standard InChI is InChI=1S/C6H7N3S/c1-9-5-3-10-2-4(5)6(7)8-9/h2-3H,1H3,(H2,7,8). The lowest BCUT2D eigenvalue weighted by molar-refractivity contribution is 0.803. The predicted octanol–water partition coefficient (Wildman–Crippen LogP) is 1.22. The number of nitrogen functional groups attached to an aromatic ring is 1. The first-order valence-corrected chi connectivity index (χ1v) is 3.87. The van der Waals surface area contributed by atoms with Gasteiger partial charge in [-0.05, 0) is 0 Å². The van der Waals surface area contributed by atoms with Gasteiger partial charge in [-0.3, -0.25) is 4.68 Å². The highest BCUT2D eigenvalue weighted by Crippen LogP contribution is 2.22. The molecule has 0 amide bonds. The second kappa shape index (κ2) is 1.73. The number of hydrogen-bond acceptors (Lipinski definition) is 3. The van der Waals surface area contributed by atoms with E-state index in [4.69, 9.17) is 5.73 Å². The van der Waals surface area contributed by atoms with Crippen molar-refractivity contribution in [3.05, 3.63) is 10.8 Å². The Kier molecular flexibility index (Phi) is 0.990. The number of nitrogens with two attached hydrogens (primary N) is 1. The van der Waals surface area contributed by atoms with Crippen molar-refractivity contribution in [1.29, 1.82) is 0 Å². The molecule has 3 nitrogen and oxygen atoms in total. The summed E-state index contributed by atoms with van der Waals surface area (Å²) in [6.07, 6.45) is 0. The van der Waals surface area contributed by atoms with Crippen LogP contribution in [0.3, 0.4) is 0 Å². The summed E-state index contributed by atoms with van der Waals surface area (Å²) in [5, 5.41) is 9.17. The molecule has 2 rings (SSSR count). The number of nitrogens with zero attached hydrogens (tertiary/aromatic N) is 2. The molecule has 2 heterocycles. The molecule has 52 valence electrons. The third-order valence-corrected chi connectivity index (χ3v) is 2.25. The van der Waals surface area contributed by atoms with E-state index in [9.17, 15) is 0 Å². The van der Waals surface area contributed by atoms with E-state index < -0.39 is 0 Å². The van der Waals surface area contributed by atoms with Gasteiger partial charge in [0.05, 0.1) is 10.9 Å². The topological polar surface area (TPSA) is 43.8 Å². The van der Waals surface area contributed by atoms with Gasteiger partial charge in [0.15, 0.2) is 5.82 Å². The average Bonchev–Trinajstić information content (AvgIpc) is 2.39. The van der Waals surface area contributed by atoms with E-state index in [1.807, 2.05) is 17.8 Å². The van der Waals surface area contributed by atoms with Crippen LogP contribution in [0, 0.1) is 0 Å². The van der Waals surface area contributed by atoms with Crippen LogP contribution >= 0.6 is 11.3 Å². The quantitative estimate of drug-likeness (QED) is 0.618. The molecule has 0 fully saturated rings. The van der Waals surface area contributed by atoms with Crippen molar-refractivity contribution in [3.63, 3.8) is 0 Å². The van der Waals surface area contributed by atoms with E-state index in [-0.39, 0.29) is 0 Å². The summed E-state index contributed by atoms with van der Waals surface area (Å²) in [6, 6.07) is 0. The summed E-state index contributed by atoms with van der Waals surface area (Å²) >= 11 is 1.65. The Morgan fingerprint density at radius 2 is 2.40 bits per heavy atom. The highest BCUT2D eigenvalue weighted by Gasteiger charge is 2.03. The lowest BCUT2D eigenvalue weighted by atomic mass is 10.4. The Labute approximate surface area is 62.1 Å². The summed E-state index contributed by atoms with van der Waals surface area (Å²) in [6.45, 7) is 0. The van der Waals surface area contributed by atoms with Gasteiger partial charge in [0.2, 0.25) is 0 Å². The van der Waals surface area contributed by atoms with Crippen LogP contribution in [0.1, 0.15) is 0 Å². The minimum atomic E-state index is 0.624. The molecule has 0 unspecified atom stereocenters. The average molecular weight is 153 g/mol. The third-order valence-electron chi connectivity index (χ3n) is 1.52. The summed E-state index contributed by atoms with van der Waals surface area (Å²) in [7, 11) is 1.89. The maximum Gasteiger partial charge on any atom is 0.154 e. The Hall–Kier alpha value is -1.03. The van der Waals surface area contributed by atoms with Gasteiger partial charge in [-0.2, -0.15) is 5.10 Å². The van der Waals surface area contributed by atoms with Crippen LogP contribution < -0.4 is 5.73 Å². The molecule has 0 atom stereocenters. The van der Waals surface area contributed by atoms with Gasteiger partial charge < -0.3 is 5.73 Å². The Morgan fingerprint density at radius 3 is 3.10 bits per heavy atom. The lowest BCUT2D eigenvalue weighted by Gasteiger charge is -1.84. The first-order valence-electron chi connectivity index (χ1n) is 2.93. The first kappa shape index (κ1) is 5.73. The Bertz CT molecular complexity index is 328. The van der Waals surface area contributed by atoms with Gasteiger partial charge in [0.1, 0.15) is 0 Å². The van der Waals surface area contributed by atoms with Crippen LogP contribution in [0.5, 0.6) is 0 Å². The fourth-order valence-electron chi connectivity index (χ4n) is 1.00. The molecule has 4 heteroatoms. The Balaban J connectivity index is 2.98. The predicted molar refractivity (Wildman–Crippen MR) is 43.0 cm³/mol. The van der Waals surface area contributed by atoms with Crippen molar-refractivity contribution in [2.45, 2.75) is 0 Å². The van der Waals surface area contributed by atoms with Crippen LogP contribution in [0.4, 0.5) is 5.82 Å². The molecule has 2 aromatic heterocycles. The summed E-state index contributed by atoms with van der Waals surface area (Å²) < 4.78 is 1.79. The molecule has 10 heavy (non-hydrogen) atoms. The largest absolute Gasteiger partial charge is 0.382 e. The molecule has 0 spiro atoms. The molecule has 0 radical (unpaired) electrons. The monoisotopic (exact) mass is 153 g/mol. The lowest BCUT2D eigenvalue weighted by Crippen LogP contribution is -1.91. The summed E-state index contributed by atoms with van der Waals surface area (Å²) in [4.78, 5) is 0. The highest BCUT2D eigenvalue weighted by atomic mass is 32.1. The number of hydrogen-bond donors (Lipinski definition) is 1. The van der Waals surface area contributed by atoms with Crippen LogP contribution in [-0.4, -0.2) is 9.78 Å². The molecule has 0 bridgehead atoms. The van der Waals surface area contributed by atoms with Crippen molar-refractivity contribution < 1.29 is 0 Å². The maximum absolute atomic E-state index is 5.60. The zero-order chi connectivity index (χ0) is 7.14. The SMILES string of the molecule is Cn1nc(N)c2cscc21. The molecular formula is C6H7N3S. The number of fused-ring (bicyclic) bond motifs is 1. The van der Waals surface area contributed by atoms with Crippen LogP contribution in [0.2, 0.25) is 0 Å². The van der Waals surface area contributed by atoms with Gasteiger partial charge in [-0.1, -0.05) is 0 Å². The van der Waals surface area contributed by atoms with E-state index >= 15 is 0 Å². The first-order chi connectivity index (χ1) is 4.79. The van der Waals surface area contributed by atoms with E-state index in [1.165, 1.54) is 0 Å². The normalized spacial score (nSPS) is 10.9. The minimum absolute atomic E-state index is 0.624. The molecule has 2 N–H and O–H groups in total. The minimum Gasteiger partial charge on any atom is -0.382 e. The molecule has 0 aliphatic rings. The van der Waals surface area contributed by atoms with Crippen LogP contribution in [-0.2, 0) is 7.05 Å². The summed E-state index contributed by atoms with van der Waals surface area (Å²) in [5.41, 5.74) is 6.71. The molecule has 0 aliphatic heterocycles. The van der Waals surface area contributed by atoms with Crippen molar-refractivity contribution in [3.8, 4) is 0 Å². The third kappa shape index (κ3) is 0.565. The maximum atomic E-state index is 5.60. The number of anilines is 1. The molecule has 0 saturated carbocycles. The van der Waals surface area contributed by atoms with Crippen molar-refractivity contribution >= 4 is 28.1 Å². The highest BCUT2D eigenvalue weighted by molar-refractivity contribution is 7.09. The van der Waals surface area contributed by atoms with E-state index in [1.54, 1.807) is 16.0 Å². The number of aryl methyl sites for hydroxylation is 1. The fraction of sp³-hybridized carbons (Fsp3) is 0.167. The number of aromatic nitrogens is 2. The van der Waals surface area contributed by atoms with Crippen LogP contribution in [0.15, 0.2) is 10.8 Å². The Morgan fingerprint density at radius 1 is 1.60 bits per heavy atom. The zero-order valence-corrected chi connectivity index (χ0v) is 6.35. The van der Waals surface area contributed by atoms with Gasteiger partial charge in [0, 0.05) is 17.8 Å². The molecule has 0 aromatic carbocycles. The summed E-state index contributed by atoms with van der Waals surface area (Å²) in [5.74, 6) is 0.624. The second-order valence-corrected chi connectivity index (χ2v) is 2.92. The molecule has 0 saturated heterocycles. The van der Waals surface area contributed by atoms with Crippen molar-refractivity contribution in [2.75, 3.05) is 5.73 Å². The second-order valence-electron chi connectivity index (χ2n) is 2.18. The molecule has 2 aromatic rings. The van der Waals surface area contributed by atoms with Crippen molar-refractivity contribution in [1.82, 2.24) is 9.78 Å². The fourth-order valence-corrected chi connectivity index (χ4v) is 1.86. The van der Waals surface area contributed by atoms with E-state index in [0.717, 1.165) is 10.9 Å². The number of thiophene rings is 1. The van der Waals surface area contributed by atoms with Gasteiger partial charge in [0.25, 0.3) is 0 Å². The molecular weight excluding hydrogens is 146 g/mol. The van der Waals surface area contributed by atoms with Gasteiger partial charge in [-0.25, -0.2) is 0 Å².